The molecular weight excluding hydrogens is 355 g/mol. The Bertz CT molecular complexity index is 531. The number of rotatable bonds is 4. The number of hydrogen-bond donors (Lipinski definition) is 1. The monoisotopic (exact) mass is 363 g/mol. The lowest BCUT2D eigenvalue weighted by Gasteiger charge is -2.12. The summed E-state index contributed by atoms with van der Waals surface area (Å²) in [6, 6.07) is 3.53. The van der Waals surface area contributed by atoms with Crippen molar-refractivity contribution in [2.24, 2.45) is 5.14 Å². The van der Waals surface area contributed by atoms with Gasteiger partial charge in [-0.1, -0.05) is 15.9 Å². The van der Waals surface area contributed by atoms with Gasteiger partial charge in [0.25, 0.3) is 0 Å². The van der Waals surface area contributed by atoms with Gasteiger partial charge in [-0.2, -0.15) is 13.2 Å². The number of hydrogen-bond acceptors (Lipinski definition) is 3. The van der Waals surface area contributed by atoms with Crippen LogP contribution in [0.3, 0.4) is 0 Å². The molecule has 1 aromatic carbocycles. The summed E-state index contributed by atoms with van der Waals surface area (Å²) in [6.07, 6.45) is -4.47. The highest BCUT2D eigenvalue weighted by molar-refractivity contribution is 9.10. The number of nitrogens with two attached hydrogens (primary N) is 1. The molecule has 0 aliphatic rings. The molecule has 0 heterocycles. The zero-order valence-electron chi connectivity index (χ0n) is 8.87. The molecule has 0 spiro atoms. The maximum absolute atomic E-state index is 12.7. The predicted octanol–water partition coefficient (Wildman–Crippen LogP) is 2.85. The molecule has 0 aromatic heterocycles. The minimum Gasteiger partial charge on any atom is -0.229 e. The summed E-state index contributed by atoms with van der Waals surface area (Å²) in [4.78, 5) is -0.0273. The maximum Gasteiger partial charge on any atom is 0.417 e. The second kappa shape index (κ2) is 5.81. The van der Waals surface area contributed by atoms with E-state index in [1.165, 1.54) is 12.1 Å². The lowest BCUT2D eigenvalue weighted by molar-refractivity contribution is -0.139. The molecule has 3 nitrogen and oxygen atoms in total. The molecule has 9 heteroatoms. The summed E-state index contributed by atoms with van der Waals surface area (Å²) >= 11 is 3.88. The standard InChI is InChI=1S/C9H9BrF3NO2S2/c10-6-1-2-7(9(11,12)13)8(5-6)17-3-4-18(14,15)16/h1-2,5H,3-4H2,(H2,14,15,16). The van der Waals surface area contributed by atoms with Gasteiger partial charge in [-0.3, -0.25) is 0 Å². The van der Waals surface area contributed by atoms with E-state index in [4.69, 9.17) is 5.14 Å². The van der Waals surface area contributed by atoms with Crippen LogP contribution in [0, 0.1) is 0 Å². The summed E-state index contributed by atoms with van der Waals surface area (Å²) in [6.45, 7) is 0. The molecule has 0 amide bonds. The van der Waals surface area contributed by atoms with E-state index in [1.807, 2.05) is 0 Å². The molecule has 18 heavy (non-hydrogen) atoms. The first-order valence-electron chi connectivity index (χ1n) is 4.59. The van der Waals surface area contributed by atoms with Gasteiger partial charge >= 0.3 is 6.18 Å². The Kier molecular flexibility index (Phi) is 5.10. The third-order valence-corrected chi connectivity index (χ3v) is 4.46. The van der Waals surface area contributed by atoms with Crippen LogP contribution in [0.4, 0.5) is 13.2 Å². The smallest absolute Gasteiger partial charge is 0.229 e. The Labute approximate surface area is 115 Å². The highest BCUT2D eigenvalue weighted by atomic mass is 79.9. The normalized spacial score (nSPS) is 12.7. The van der Waals surface area contributed by atoms with E-state index in [1.54, 1.807) is 0 Å². The van der Waals surface area contributed by atoms with Crippen molar-refractivity contribution in [1.29, 1.82) is 0 Å². The van der Waals surface area contributed by atoms with Gasteiger partial charge in [0, 0.05) is 15.1 Å². The van der Waals surface area contributed by atoms with Crippen molar-refractivity contribution in [3.63, 3.8) is 0 Å². The summed E-state index contributed by atoms with van der Waals surface area (Å²) in [5.41, 5.74) is -0.787. The molecule has 0 unspecified atom stereocenters. The third-order valence-electron chi connectivity index (χ3n) is 1.87. The molecule has 0 bridgehead atoms. The Morgan fingerprint density at radius 3 is 2.44 bits per heavy atom. The van der Waals surface area contributed by atoms with Crippen LogP contribution >= 0.6 is 27.7 Å². The van der Waals surface area contributed by atoms with Gasteiger partial charge in [-0.15, -0.1) is 11.8 Å². The number of primary sulfonamides is 1. The number of alkyl halides is 3. The van der Waals surface area contributed by atoms with Gasteiger partial charge in [-0.25, -0.2) is 13.6 Å². The lowest BCUT2D eigenvalue weighted by atomic mass is 10.2. The Morgan fingerprint density at radius 1 is 1.33 bits per heavy atom. The zero-order chi connectivity index (χ0) is 14.0. The fraction of sp³-hybridized carbons (Fsp3) is 0.333. The van der Waals surface area contributed by atoms with Crippen LogP contribution in [0.15, 0.2) is 27.6 Å². The van der Waals surface area contributed by atoms with Crippen molar-refractivity contribution < 1.29 is 21.6 Å². The maximum atomic E-state index is 12.7. The number of halogens is 4. The minimum atomic E-state index is -4.47. The van der Waals surface area contributed by atoms with E-state index in [-0.39, 0.29) is 16.4 Å². The second-order valence-electron chi connectivity index (χ2n) is 3.35. The van der Waals surface area contributed by atoms with Crippen molar-refractivity contribution in [3.8, 4) is 0 Å². The van der Waals surface area contributed by atoms with E-state index in [9.17, 15) is 21.6 Å². The van der Waals surface area contributed by atoms with Crippen molar-refractivity contribution in [1.82, 2.24) is 0 Å². The average Bonchev–Trinajstić information content (AvgIpc) is 2.13. The fourth-order valence-corrected chi connectivity index (χ4v) is 3.66. The summed E-state index contributed by atoms with van der Waals surface area (Å²) < 4.78 is 59.9. The van der Waals surface area contributed by atoms with Gasteiger partial charge in [0.2, 0.25) is 10.0 Å². The molecule has 0 saturated heterocycles. The topological polar surface area (TPSA) is 60.2 Å². The van der Waals surface area contributed by atoms with E-state index >= 15 is 0 Å². The zero-order valence-corrected chi connectivity index (χ0v) is 12.1. The third kappa shape index (κ3) is 5.17. The largest absolute Gasteiger partial charge is 0.417 e. The van der Waals surface area contributed by atoms with Gasteiger partial charge in [-0.05, 0) is 18.2 Å². The fourth-order valence-electron chi connectivity index (χ4n) is 1.12. The van der Waals surface area contributed by atoms with Crippen LogP contribution in [0.2, 0.25) is 0 Å². The Hall–Kier alpha value is -0.250. The first kappa shape index (κ1) is 15.8. The van der Waals surface area contributed by atoms with Crippen LogP contribution in [-0.2, 0) is 16.2 Å². The molecule has 102 valence electrons. The second-order valence-corrected chi connectivity index (χ2v) is 7.14. The van der Waals surface area contributed by atoms with Crippen LogP contribution in [0.25, 0.3) is 0 Å². The quantitative estimate of drug-likeness (QED) is 0.836. The first-order chi connectivity index (χ1) is 8.09. The molecule has 0 radical (unpaired) electrons. The average molecular weight is 364 g/mol. The van der Waals surface area contributed by atoms with Crippen molar-refractivity contribution in [2.45, 2.75) is 11.1 Å². The SMILES string of the molecule is NS(=O)(=O)CCSc1cc(Br)ccc1C(F)(F)F. The minimum absolute atomic E-state index is 0.0273. The summed E-state index contributed by atoms with van der Waals surface area (Å²) in [5.74, 6) is -0.403. The predicted molar refractivity (Wildman–Crippen MR) is 67.8 cm³/mol. The van der Waals surface area contributed by atoms with Gasteiger partial charge < -0.3 is 0 Å². The number of benzene rings is 1. The van der Waals surface area contributed by atoms with Gasteiger partial charge in [0.15, 0.2) is 0 Å². The highest BCUT2D eigenvalue weighted by Crippen LogP contribution is 2.38. The van der Waals surface area contributed by atoms with E-state index < -0.39 is 21.8 Å². The summed E-state index contributed by atoms with van der Waals surface area (Å²) in [5, 5.41) is 4.78. The van der Waals surface area contributed by atoms with Crippen molar-refractivity contribution in [3.05, 3.63) is 28.2 Å². The van der Waals surface area contributed by atoms with Crippen LogP contribution in [0.5, 0.6) is 0 Å². The van der Waals surface area contributed by atoms with Gasteiger partial charge in [0.1, 0.15) is 0 Å². The van der Waals surface area contributed by atoms with E-state index in [0.717, 1.165) is 17.8 Å². The Balaban J connectivity index is 2.90. The molecule has 2 N–H and O–H groups in total. The summed E-state index contributed by atoms with van der Waals surface area (Å²) in [7, 11) is -3.67. The molecule has 1 aromatic rings. The van der Waals surface area contributed by atoms with Crippen LogP contribution in [-0.4, -0.2) is 19.9 Å². The number of sulfonamides is 1. The first-order valence-corrected chi connectivity index (χ1v) is 8.09. The van der Waals surface area contributed by atoms with Crippen molar-refractivity contribution in [2.75, 3.05) is 11.5 Å². The highest BCUT2D eigenvalue weighted by Gasteiger charge is 2.33. The molecule has 1 rings (SSSR count). The molecule has 0 aliphatic heterocycles. The van der Waals surface area contributed by atoms with Crippen LogP contribution < -0.4 is 5.14 Å². The lowest BCUT2D eigenvalue weighted by Crippen LogP contribution is -2.18. The Morgan fingerprint density at radius 2 is 1.94 bits per heavy atom. The molecule has 0 atom stereocenters. The van der Waals surface area contributed by atoms with Gasteiger partial charge in [0.05, 0.1) is 11.3 Å². The van der Waals surface area contributed by atoms with Crippen LogP contribution in [0.1, 0.15) is 5.56 Å². The van der Waals surface area contributed by atoms with E-state index in [2.05, 4.69) is 15.9 Å². The van der Waals surface area contributed by atoms with Crippen molar-refractivity contribution >= 4 is 37.7 Å². The molecule has 0 saturated carbocycles. The number of thioether (sulfide) groups is 1. The van der Waals surface area contributed by atoms with E-state index in [0.29, 0.717) is 4.47 Å². The molecule has 0 fully saturated rings. The molecular formula is C9H9BrF3NO2S2. The molecule has 0 aliphatic carbocycles.